The summed E-state index contributed by atoms with van der Waals surface area (Å²) in [4.78, 5) is 18.8. The van der Waals surface area contributed by atoms with E-state index in [1.165, 1.54) is 25.7 Å². The van der Waals surface area contributed by atoms with Gasteiger partial charge >= 0.3 is 0 Å². The van der Waals surface area contributed by atoms with Crippen molar-refractivity contribution in [3.63, 3.8) is 0 Å². The summed E-state index contributed by atoms with van der Waals surface area (Å²) in [5.41, 5.74) is -0.0763. The van der Waals surface area contributed by atoms with Gasteiger partial charge in [0.2, 0.25) is 5.91 Å². The minimum absolute atomic E-state index is 0.0571. The van der Waals surface area contributed by atoms with Crippen molar-refractivity contribution in [2.24, 2.45) is 10.9 Å². The molecule has 1 aliphatic carbocycles. The Morgan fingerprint density at radius 1 is 1.28 bits per heavy atom. The maximum atomic E-state index is 12.0. The molecule has 0 bridgehead atoms. The number of nitrogens with one attached hydrogen (secondary N) is 3. The zero-order valence-corrected chi connectivity index (χ0v) is 17.3. The predicted octanol–water partition coefficient (Wildman–Crippen LogP) is 1.97. The van der Waals surface area contributed by atoms with Crippen molar-refractivity contribution in [2.45, 2.75) is 71.4 Å². The lowest BCUT2D eigenvalue weighted by atomic mass is 9.75. The number of rotatable bonds is 6. The summed E-state index contributed by atoms with van der Waals surface area (Å²) >= 11 is 0. The summed E-state index contributed by atoms with van der Waals surface area (Å²) in [6, 6.07) is 0. The monoisotopic (exact) mass is 353 g/mol. The Morgan fingerprint density at radius 2 is 1.96 bits per heavy atom. The van der Waals surface area contributed by atoms with Crippen molar-refractivity contribution < 1.29 is 4.79 Å². The molecule has 0 heterocycles. The molecule has 0 radical (unpaired) electrons. The van der Waals surface area contributed by atoms with Crippen molar-refractivity contribution in [3.05, 3.63) is 0 Å². The number of guanidine groups is 1. The first-order valence-electron chi connectivity index (χ1n) is 9.58. The van der Waals surface area contributed by atoms with E-state index in [9.17, 15) is 4.79 Å². The van der Waals surface area contributed by atoms with Crippen LogP contribution in [0.15, 0.2) is 4.99 Å². The van der Waals surface area contributed by atoms with Crippen LogP contribution in [-0.4, -0.2) is 61.6 Å². The number of aliphatic imine (C=N–C) groups is 1. The van der Waals surface area contributed by atoms with Gasteiger partial charge < -0.3 is 20.9 Å². The molecule has 25 heavy (non-hydrogen) atoms. The average Bonchev–Trinajstić information content (AvgIpc) is 2.48. The molecule has 2 atom stereocenters. The van der Waals surface area contributed by atoms with Crippen LogP contribution in [0.5, 0.6) is 0 Å². The standard InChI is InChI=1S/C19H39N5O/c1-8-20-17(21-13-16(25)23-18(3,4)5)22-14-19(24(6)7)11-9-10-15(2)12-19/h15H,8-14H2,1-7H3,(H,23,25)(H2,20,21,22). The fourth-order valence-corrected chi connectivity index (χ4v) is 3.56. The van der Waals surface area contributed by atoms with Gasteiger partial charge in [-0.05, 0) is 60.5 Å². The molecule has 0 aromatic heterocycles. The topological polar surface area (TPSA) is 68.8 Å². The Balaban J connectivity index is 2.69. The highest BCUT2D eigenvalue weighted by atomic mass is 16.2. The second-order valence-corrected chi connectivity index (χ2v) is 8.67. The van der Waals surface area contributed by atoms with Crippen molar-refractivity contribution in [1.29, 1.82) is 0 Å². The zero-order chi connectivity index (χ0) is 19.1. The van der Waals surface area contributed by atoms with Gasteiger partial charge in [0.1, 0.15) is 6.54 Å². The van der Waals surface area contributed by atoms with E-state index in [1.807, 2.05) is 27.7 Å². The predicted molar refractivity (Wildman–Crippen MR) is 106 cm³/mol. The quantitative estimate of drug-likeness (QED) is 0.504. The van der Waals surface area contributed by atoms with Gasteiger partial charge in [-0.2, -0.15) is 0 Å². The molecular weight excluding hydrogens is 314 g/mol. The smallest absolute Gasteiger partial charge is 0.242 e. The molecule has 1 amide bonds. The molecular formula is C19H39N5O. The first kappa shape index (κ1) is 21.7. The highest BCUT2D eigenvalue weighted by Crippen LogP contribution is 2.35. The lowest BCUT2D eigenvalue weighted by Gasteiger charge is -2.45. The average molecular weight is 354 g/mol. The third-order valence-electron chi connectivity index (χ3n) is 4.84. The normalized spacial score (nSPS) is 25.0. The summed E-state index contributed by atoms with van der Waals surface area (Å²) in [6.45, 7) is 12.1. The SMILES string of the molecule is CCNC(=NCC(=O)NC(C)(C)C)NCC1(N(C)C)CCCC(C)C1. The largest absolute Gasteiger partial charge is 0.357 e. The van der Waals surface area contributed by atoms with Crippen molar-refractivity contribution in [1.82, 2.24) is 20.9 Å². The number of hydrogen-bond donors (Lipinski definition) is 3. The van der Waals surface area contributed by atoms with Crippen LogP contribution < -0.4 is 16.0 Å². The molecule has 1 aliphatic rings. The Labute approximate surface area is 154 Å². The number of nitrogens with zero attached hydrogens (tertiary/aromatic N) is 2. The van der Waals surface area contributed by atoms with E-state index in [0.29, 0.717) is 5.96 Å². The van der Waals surface area contributed by atoms with Crippen LogP contribution in [0.2, 0.25) is 0 Å². The maximum absolute atomic E-state index is 12.0. The van der Waals surface area contributed by atoms with Gasteiger partial charge in [-0.3, -0.25) is 4.79 Å². The molecule has 0 saturated heterocycles. The lowest BCUT2D eigenvalue weighted by molar-refractivity contribution is -0.121. The molecule has 0 spiro atoms. The van der Waals surface area contributed by atoms with Crippen LogP contribution in [0.4, 0.5) is 0 Å². The minimum atomic E-state index is -0.231. The van der Waals surface area contributed by atoms with E-state index >= 15 is 0 Å². The summed E-state index contributed by atoms with van der Waals surface area (Å²) in [6.07, 6.45) is 4.97. The minimum Gasteiger partial charge on any atom is -0.357 e. The van der Waals surface area contributed by atoms with E-state index in [0.717, 1.165) is 19.0 Å². The fourth-order valence-electron chi connectivity index (χ4n) is 3.56. The highest BCUT2D eigenvalue weighted by molar-refractivity contribution is 5.85. The number of carbonyl (C=O) groups excluding carboxylic acids is 1. The van der Waals surface area contributed by atoms with E-state index in [2.05, 4.69) is 46.9 Å². The molecule has 146 valence electrons. The third-order valence-corrected chi connectivity index (χ3v) is 4.84. The molecule has 1 rings (SSSR count). The third kappa shape index (κ3) is 7.63. The van der Waals surface area contributed by atoms with Crippen LogP contribution in [0, 0.1) is 5.92 Å². The number of hydrogen-bond acceptors (Lipinski definition) is 3. The second kappa shape index (κ2) is 9.41. The lowest BCUT2D eigenvalue weighted by Crippen LogP contribution is -2.56. The number of amides is 1. The highest BCUT2D eigenvalue weighted by Gasteiger charge is 2.36. The van der Waals surface area contributed by atoms with Crippen LogP contribution in [0.1, 0.15) is 60.3 Å². The Bertz CT molecular complexity index is 455. The van der Waals surface area contributed by atoms with Gasteiger partial charge in [0.15, 0.2) is 5.96 Å². The summed E-state index contributed by atoms with van der Waals surface area (Å²) in [7, 11) is 4.33. The van der Waals surface area contributed by atoms with Gasteiger partial charge in [-0.25, -0.2) is 4.99 Å². The Morgan fingerprint density at radius 3 is 2.48 bits per heavy atom. The zero-order valence-electron chi connectivity index (χ0n) is 17.3. The molecule has 6 heteroatoms. The molecule has 0 aromatic rings. The van der Waals surface area contributed by atoms with Crippen LogP contribution in [0.3, 0.4) is 0 Å². The summed E-state index contributed by atoms with van der Waals surface area (Å²) < 4.78 is 0. The van der Waals surface area contributed by atoms with E-state index in [4.69, 9.17) is 0 Å². The summed E-state index contributed by atoms with van der Waals surface area (Å²) in [5.74, 6) is 1.40. The first-order chi connectivity index (χ1) is 11.6. The molecule has 6 nitrogen and oxygen atoms in total. The van der Waals surface area contributed by atoms with Gasteiger partial charge in [0.05, 0.1) is 0 Å². The molecule has 1 fully saturated rings. The van der Waals surface area contributed by atoms with Crippen LogP contribution >= 0.6 is 0 Å². The molecule has 3 N–H and O–H groups in total. The van der Waals surface area contributed by atoms with E-state index < -0.39 is 0 Å². The Hall–Kier alpha value is -1.30. The van der Waals surface area contributed by atoms with E-state index in [-0.39, 0.29) is 23.5 Å². The van der Waals surface area contributed by atoms with E-state index in [1.54, 1.807) is 0 Å². The number of likely N-dealkylation sites (N-methyl/N-ethyl adjacent to an activating group) is 1. The van der Waals surface area contributed by atoms with Gasteiger partial charge in [-0.15, -0.1) is 0 Å². The second-order valence-electron chi connectivity index (χ2n) is 8.67. The maximum Gasteiger partial charge on any atom is 0.242 e. The summed E-state index contributed by atoms with van der Waals surface area (Å²) in [5, 5.41) is 9.66. The molecule has 2 unspecified atom stereocenters. The first-order valence-corrected chi connectivity index (χ1v) is 9.58. The van der Waals surface area contributed by atoms with Crippen molar-refractivity contribution >= 4 is 11.9 Å². The van der Waals surface area contributed by atoms with Gasteiger partial charge in [-0.1, -0.05) is 19.8 Å². The molecule has 1 saturated carbocycles. The Kier molecular flexibility index (Phi) is 8.19. The fraction of sp³-hybridized carbons (Fsp3) is 0.895. The molecule has 0 aromatic carbocycles. The van der Waals surface area contributed by atoms with Gasteiger partial charge in [0.25, 0.3) is 0 Å². The number of carbonyl (C=O) groups is 1. The van der Waals surface area contributed by atoms with Crippen molar-refractivity contribution in [2.75, 3.05) is 33.7 Å². The molecule has 0 aliphatic heterocycles. The van der Waals surface area contributed by atoms with Crippen LogP contribution in [-0.2, 0) is 4.79 Å². The van der Waals surface area contributed by atoms with Gasteiger partial charge in [0, 0.05) is 24.2 Å². The van der Waals surface area contributed by atoms with Crippen LogP contribution in [0.25, 0.3) is 0 Å². The van der Waals surface area contributed by atoms with Crippen molar-refractivity contribution in [3.8, 4) is 0 Å².